The highest BCUT2D eigenvalue weighted by molar-refractivity contribution is 5.69. The number of rotatable bonds is 8. The van der Waals surface area contributed by atoms with Crippen molar-refractivity contribution in [3.8, 4) is 0 Å². The van der Waals surface area contributed by atoms with Gasteiger partial charge < -0.3 is 5.11 Å². The first-order chi connectivity index (χ1) is 6.63. The average molecular weight is 200 g/mol. The average Bonchev–Trinajstić information content (AvgIpc) is 2.17. The molecule has 2 nitrogen and oxygen atoms in total. The molecule has 0 rings (SSSR count). The molecule has 0 aliphatic carbocycles. The van der Waals surface area contributed by atoms with Crippen LogP contribution < -0.4 is 0 Å². The van der Waals surface area contributed by atoms with Crippen molar-refractivity contribution in [1.82, 2.24) is 0 Å². The summed E-state index contributed by atoms with van der Waals surface area (Å²) in [5.74, 6) is -0.428. The highest BCUT2D eigenvalue weighted by Crippen LogP contribution is 2.24. The van der Waals surface area contributed by atoms with Crippen LogP contribution in [0.15, 0.2) is 0 Å². The van der Waals surface area contributed by atoms with Crippen molar-refractivity contribution < 1.29 is 9.90 Å². The van der Waals surface area contributed by atoms with Gasteiger partial charge in [-0.1, -0.05) is 46.5 Å². The third-order valence-electron chi connectivity index (χ3n) is 2.95. The minimum absolute atomic E-state index is 0.173. The number of hydrogen-bond donors (Lipinski definition) is 1. The van der Waals surface area contributed by atoms with Crippen LogP contribution in [0.5, 0.6) is 0 Å². The molecule has 0 aromatic heterocycles. The Kier molecular flexibility index (Phi) is 7.54. The van der Waals surface area contributed by atoms with Gasteiger partial charge in [0.25, 0.3) is 0 Å². The van der Waals surface area contributed by atoms with E-state index in [-0.39, 0.29) is 5.92 Å². The lowest BCUT2D eigenvalue weighted by atomic mass is 9.85. The van der Waals surface area contributed by atoms with E-state index in [1.807, 2.05) is 6.92 Å². The number of carboxylic acid groups (broad SMARTS) is 1. The van der Waals surface area contributed by atoms with Crippen molar-refractivity contribution in [2.45, 2.75) is 59.3 Å². The van der Waals surface area contributed by atoms with E-state index in [9.17, 15) is 4.79 Å². The first-order valence-electron chi connectivity index (χ1n) is 5.86. The third-order valence-corrected chi connectivity index (χ3v) is 2.95. The molecule has 0 aromatic carbocycles. The maximum atomic E-state index is 10.9. The first kappa shape index (κ1) is 13.5. The summed E-state index contributed by atoms with van der Waals surface area (Å²) in [6, 6.07) is 0. The molecule has 1 unspecified atom stereocenters. The van der Waals surface area contributed by atoms with Crippen LogP contribution in [0, 0.1) is 11.8 Å². The van der Waals surface area contributed by atoms with Gasteiger partial charge in [-0.2, -0.15) is 0 Å². The van der Waals surface area contributed by atoms with Crippen LogP contribution in [0.1, 0.15) is 59.3 Å². The smallest absolute Gasteiger partial charge is 0.306 e. The van der Waals surface area contributed by atoms with E-state index in [0.717, 1.165) is 38.5 Å². The second-order valence-corrected chi connectivity index (χ2v) is 4.17. The van der Waals surface area contributed by atoms with E-state index in [0.29, 0.717) is 5.92 Å². The molecule has 2 heteroatoms. The van der Waals surface area contributed by atoms with Crippen LogP contribution in [0.2, 0.25) is 0 Å². The summed E-state index contributed by atoms with van der Waals surface area (Å²) in [4.78, 5) is 10.9. The zero-order valence-electron chi connectivity index (χ0n) is 9.75. The molecule has 0 saturated carbocycles. The Labute approximate surface area is 87.7 Å². The summed E-state index contributed by atoms with van der Waals surface area (Å²) in [6.07, 6.45) is 6.79. The minimum atomic E-state index is -0.637. The van der Waals surface area contributed by atoms with Gasteiger partial charge >= 0.3 is 5.97 Å². The highest BCUT2D eigenvalue weighted by Gasteiger charge is 2.22. The van der Waals surface area contributed by atoms with E-state index in [4.69, 9.17) is 5.11 Å². The summed E-state index contributed by atoms with van der Waals surface area (Å²) in [6.45, 7) is 6.16. The van der Waals surface area contributed by atoms with Gasteiger partial charge in [0.15, 0.2) is 0 Å². The second-order valence-electron chi connectivity index (χ2n) is 4.17. The molecule has 0 fully saturated rings. The van der Waals surface area contributed by atoms with Crippen molar-refractivity contribution in [3.63, 3.8) is 0 Å². The number of carbonyl (C=O) groups is 1. The topological polar surface area (TPSA) is 37.3 Å². The van der Waals surface area contributed by atoms with Gasteiger partial charge in [-0.3, -0.25) is 4.79 Å². The Morgan fingerprint density at radius 2 is 1.57 bits per heavy atom. The Bertz CT molecular complexity index is 146. The molecule has 1 N–H and O–H groups in total. The lowest BCUT2D eigenvalue weighted by Gasteiger charge is -2.20. The fraction of sp³-hybridized carbons (Fsp3) is 0.917. The van der Waals surface area contributed by atoms with Gasteiger partial charge in [-0.05, 0) is 18.8 Å². The Balaban J connectivity index is 4.01. The molecule has 0 bridgehead atoms. The number of carboxylic acids is 1. The lowest BCUT2D eigenvalue weighted by Crippen LogP contribution is -2.20. The first-order valence-corrected chi connectivity index (χ1v) is 5.86. The number of hydrogen-bond acceptors (Lipinski definition) is 1. The lowest BCUT2D eigenvalue weighted by molar-refractivity contribution is -0.143. The SMILES string of the molecule is CCCCC(CCCC)C(C)C(=O)O. The van der Waals surface area contributed by atoms with Crippen molar-refractivity contribution in [1.29, 1.82) is 0 Å². The van der Waals surface area contributed by atoms with Gasteiger partial charge in [0, 0.05) is 0 Å². The van der Waals surface area contributed by atoms with Crippen LogP contribution in [-0.2, 0) is 4.79 Å². The van der Waals surface area contributed by atoms with Crippen LogP contribution >= 0.6 is 0 Å². The molecule has 0 aliphatic heterocycles. The third kappa shape index (κ3) is 5.25. The maximum Gasteiger partial charge on any atom is 0.306 e. The summed E-state index contributed by atoms with van der Waals surface area (Å²) < 4.78 is 0. The van der Waals surface area contributed by atoms with Gasteiger partial charge in [-0.15, -0.1) is 0 Å². The van der Waals surface area contributed by atoms with E-state index in [1.165, 1.54) is 0 Å². The normalized spacial score (nSPS) is 13.1. The summed E-state index contributed by atoms with van der Waals surface area (Å²) in [5, 5.41) is 8.95. The van der Waals surface area contributed by atoms with Crippen molar-refractivity contribution in [2.24, 2.45) is 11.8 Å². The molecule has 0 aliphatic rings. The summed E-state index contributed by atoms with van der Waals surface area (Å²) in [5.41, 5.74) is 0. The molecule has 0 aromatic rings. The van der Waals surface area contributed by atoms with E-state index >= 15 is 0 Å². The molecule has 0 spiro atoms. The van der Waals surface area contributed by atoms with Crippen LogP contribution in [0.25, 0.3) is 0 Å². The van der Waals surface area contributed by atoms with E-state index < -0.39 is 5.97 Å². The highest BCUT2D eigenvalue weighted by atomic mass is 16.4. The molecule has 14 heavy (non-hydrogen) atoms. The standard InChI is InChI=1S/C12H24O2/c1-4-6-8-11(9-7-5-2)10(3)12(13)14/h10-11H,4-9H2,1-3H3,(H,13,14). The molecule has 84 valence electrons. The Morgan fingerprint density at radius 1 is 1.14 bits per heavy atom. The monoisotopic (exact) mass is 200 g/mol. The number of unbranched alkanes of at least 4 members (excludes halogenated alkanes) is 2. The van der Waals surface area contributed by atoms with Crippen LogP contribution in [0.4, 0.5) is 0 Å². The largest absolute Gasteiger partial charge is 0.481 e. The predicted octanol–water partition coefficient (Wildman–Crippen LogP) is 3.70. The Hall–Kier alpha value is -0.530. The van der Waals surface area contributed by atoms with Crippen molar-refractivity contribution in [3.05, 3.63) is 0 Å². The number of aliphatic carboxylic acids is 1. The van der Waals surface area contributed by atoms with Crippen LogP contribution in [-0.4, -0.2) is 11.1 Å². The van der Waals surface area contributed by atoms with Gasteiger partial charge in [0.2, 0.25) is 0 Å². The molecule has 0 heterocycles. The summed E-state index contributed by atoms with van der Waals surface area (Å²) in [7, 11) is 0. The van der Waals surface area contributed by atoms with E-state index in [1.54, 1.807) is 0 Å². The molecule has 0 radical (unpaired) electrons. The zero-order chi connectivity index (χ0) is 11.0. The second kappa shape index (κ2) is 7.84. The van der Waals surface area contributed by atoms with Crippen molar-refractivity contribution >= 4 is 5.97 Å². The molecule has 1 atom stereocenters. The molecule has 0 saturated heterocycles. The van der Waals surface area contributed by atoms with Gasteiger partial charge in [-0.25, -0.2) is 0 Å². The zero-order valence-corrected chi connectivity index (χ0v) is 9.75. The fourth-order valence-corrected chi connectivity index (χ4v) is 1.78. The fourth-order valence-electron chi connectivity index (χ4n) is 1.78. The minimum Gasteiger partial charge on any atom is -0.481 e. The van der Waals surface area contributed by atoms with Crippen molar-refractivity contribution in [2.75, 3.05) is 0 Å². The summed E-state index contributed by atoms with van der Waals surface area (Å²) >= 11 is 0. The quantitative estimate of drug-likeness (QED) is 0.648. The van der Waals surface area contributed by atoms with Gasteiger partial charge in [0.1, 0.15) is 0 Å². The Morgan fingerprint density at radius 3 is 1.86 bits per heavy atom. The van der Waals surface area contributed by atoms with Crippen LogP contribution in [0.3, 0.4) is 0 Å². The van der Waals surface area contributed by atoms with E-state index in [2.05, 4.69) is 13.8 Å². The molecular weight excluding hydrogens is 176 g/mol. The van der Waals surface area contributed by atoms with Gasteiger partial charge in [0.05, 0.1) is 5.92 Å². The predicted molar refractivity (Wildman–Crippen MR) is 59.3 cm³/mol. The molecular formula is C12H24O2. The molecule has 0 amide bonds. The maximum absolute atomic E-state index is 10.9.